The van der Waals surface area contributed by atoms with Gasteiger partial charge in [-0.05, 0) is 42.8 Å². The maximum atomic E-state index is 13.7. The van der Waals surface area contributed by atoms with Gasteiger partial charge in [-0.15, -0.1) is 0 Å². The highest BCUT2D eigenvalue weighted by molar-refractivity contribution is 7.98. The van der Waals surface area contributed by atoms with Crippen LogP contribution in [0.4, 0.5) is 23.4 Å². The monoisotopic (exact) mass is 720 g/mol. The van der Waals surface area contributed by atoms with Crippen LogP contribution in [0, 0.1) is 23.3 Å². The minimum Gasteiger partial charge on any atom is -0.479 e. The minimum atomic E-state index is -0.888. The number of hydrogen-bond acceptors (Lipinski definition) is 13. The van der Waals surface area contributed by atoms with Crippen molar-refractivity contribution in [1.29, 1.82) is 0 Å². The lowest BCUT2D eigenvalue weighted by Gasteiger charge is -2.10. The fraction of sp³-hybridized carbons (Fsp3) is 0.194. The fourth-order valence-electron chi connectivity index (χ4n) is 3.60. The molecule has 0 aliphatic carbocycles. The van der Waals surface area contributed by atoms with E-state index in [-0.39, 0.29) is 17.2 Å². The Morgan fingerprint density at radius 2 is 1.49 bits per heavy atom. The van der Waals surface area contributed by atoms with E-state index in [9.17, 15) is 31.9 Å². The zero-order valence-corrected chi connectivity index (χ0v) is 28.1. The molecule has 0 radical (unpaired) electrons. The minimum absolute atomic E-state index is 0.0917. The molecule has 0 aliphatic heterocycles. The lowest BCUT2D eigenvalue weighted by atomic mass is 10.3. The summed E-state index contributed by atoms with van der Waals surface area (Å²) in [6, 6.07) is 7.12. The first-order valence-electron chi connectivity index (χ1n) is 13.7. The zero-order chi connectivity index (χ0) is 36.1. The van der Waals surface area contributed by atoms with Crippen molar-refractivity contribution < 1.29 is 41.4 Å². The van der Waals surface area contributed by atoms with Crippen LogP contribution < -0.4 is 20.3 Å². The van der Waals surface area contributed by atoms with Gasteiger partial charge in [-0.25, -0.2) is 42.3 Å². The quantitative estimate of drug-likeness (QED) is 0.0655. The SMILES string of the molecule is CNc1nc(SC)ncc1C=O.COC(=O)COc1ccc(F)cc1F.CSc1ncc2cc(Oc3ccc(F)cc3F)c(=O)n(C)c2n1. The highest BCUT2D eigenvalue weighted by Gasteiger charge is 2.14. The number of rotatable bonds is 9. The molecule has 0 bridgehead atoms. The Hall–Kier alpha value is -5.23. The van der Waals surface area contributed by atoms with Gasteiger partial charge in [-0.2, -0.15) is 0 Å². The van der Waals surface area contributed by atoms with Gasteiger partial charge in [0.2, 0.25) is 0 Å². The number of nitrogens with zero attached hydrogens (tertiary/aromatic N) is 5. The lowest BCUT2D eigenvalue weighted by Crippen LogP contribution is -2.19. The van der Waals surface area contributed by atoms with Gasteiger partial charge < -0.3 is 19.5 Å². The Kier molecular flexibility index (Phi) is 14.3. The Morgan fingerprint density at radius 3 is 2.04 bits per heavy atom. The van der Waals surface area contributed by atoms with Crippen molar-refractivity contribution in [3.63, 3.8) is 0 Å². The molecular weight excluding hydrogens is 693 g/mol. The first-order valence-corrected chi connectivity index (χ1v) is 16.1. The van der Waals surface area contributed by atoms with E-state index in [1.165, 1.54) is 54.5 Å². The zero-order valence-electron chi connectivity index (χ0n) is 26.5. The summed E-state index contributed by atoms with van der Waals surface area (Å²) in [6.45, 7) is -0.404. The lowest BCUT2D eigenvalue weighted by molar-refractivity contribution is -0.142. The van der Waals surface area contributed by atoms with Crippen LogP contribution in [0.25, 0.3) is 11.0 Å². The van der Waals surface area contributed by atoms with Gasteiger partial charge in [0.15, 0.2) is 52.1 Å². The van der Waals surface area contributed by atoms with Gasteiger partial charge in [0.1, 0.15) is 23.1 Å². The Morgan fingerprint density at radius 1 is 0.898 bits per heavy atom. The van der Waals surface area contributed by atoms with Crippen molar-refractivity contribution >= 4 is 52.6 Å². The molecule has 0 fully saturated rings. The molecule has 258 valence electrons. The number of aldehydes is 1. The summed E-state index contributed by atoms with van der Waals surface area (Å²) in [4.78, 5) is 49.9. The van der Waals surface area contributed by atoms with Crippen LogP contribution in [0.5, 0.6) is 17.2 Å². The number of ether oxygens (including phenoxy) is 3. The third kappa shape index (κ3) is 10.6. The Bertz CT molecular complexity index is 2000. The first kappa shape index (κ1) is 38.2. The second-order valence-corrected chi connectivity index (χ2v) is 10.7. The molecule has 12 nitrogen and oxygen atoms in total. The van der Waals surface area contributed by atoms with Crippen molar-refractivity contribution in [2.75, 3.05) is 38.6 Å². The largest absolute Gasteiger partial charge is 0.479 e. The van der Waals surface area contributed by atoms with E-state index in [4.69, 9.17) is 9.47 Å². The number of carbonyl (C=O) groups is 2. The topological polar surface area (TPSA) is 147 Å². The standard InChI is InChI=1S/C15H11F2N3O2S.C9H8F2O3.C7H9N3OS/c1-20-13-8(7-18-15(19-13)23-2)5-12(14(20)21)22-11-4-3-9(16)6-10(11)17;1-13-9(12)5-14-8-3-2-6(10)4-7(8)11;1-8-6-5(4-11)3-9-7(10-6)12-2/h3-7H,1-2H3;2-4H,5H2,1H3;3-4H,1-2H3,(H,8,9,10). The molecule has 0 amide bonds. The van der Waals surface area contributed by atoms with Crippen molar-refractivity contribution in [3.05, 3.63) is 94.0 Å². The van der Waals surface area contributed by atoms with E-state index in [0.717, 1.165) is 30.6 Å². The number of benzene rings is 2. The molecule has 49 heavy (non-hydrogen) atoms. The van der Waals surface area contributed by atoms with Gasteiger partial charge in [0.05, 0.1) is 12.7 Å². The molecule has 3 heterocycles. The maximum Gasteiger partial charge on any atom is 0.343 e. The number of aromatic nitrogens is 5. The molecule has 0 unspecified atom stereocenters. The number of aryl methyl sites for hydroxylation is 1. The highest BCUT2D eigenvalue weighted by Crippen LogP contribution is 2.25. The van der Waals surface area contributed by atoms with Crippen molar-refractivity contribution in [2.24, 2.45) is 7.05 Å². The average molecular weight is 721 g/mol. The first-order chi connectivity index (χ1) is 23.4. The molecular formula is C31H28F4N6O6S2. The summed E-state index contributed by atoms with van der Waals surface area (Å²) in [5, 5.41) is 4.59. The van der Waals surface area contributed by atoms with Crippen LogP contribution in [0.1, 0.15) is 10.4 Å². The smallest absolute Gasteiger partial charge is 0.343 e. The summed E-state index contributed by atoms with van der Waals surface area (Å²) < 4.78 is 67.5. The van der Waals surface area contributed by atoms with Gasteiger partial charge in [-0.1, -0.05) is 23.5 Å². The van der Waals surface area contributed by atoms with Crippen LogP contribution in [0.15, 0.2) is 70.0 Å². The summed E-state index contributed by atoms with van der Waals surface area (Å²) >= 11 is 2.79. The summed E-state index contributed by atoms with van der Waals surface area (Å²) in [5.74, 6) is -3.73. The van der Waals surface area contributed by atoms with E-state index >= 15 is 0 Å². The predicted molar refractivity (Wildman–Crippen MR) is 176 cm³/mol. The number of methoxy groups -OCH3 is 1. The molecule has 1 N–H and O–H groups in total. The van der Waals surface area contributed by atoms with E-state index in [2.05, 4.69) is 30.0 Å². The van der Waals surface area contributed by atoms with E-state index in [1.807, 2.05) is 12.5 Å². The number of thioether (sulfide) groups is 2. The van der Waals surface area contributed by atoms with Crippen LogP contribution in [-0.4, -0.2) is 70.0 Å². The molecule has 3 aromatic heterocycles. The van der Waals surface area contributed by atoms with Crippen molar-refractivity contribution in [3.8, 4) is 17.2 Å². The summed E-state index contributed by atoms with van der Waals surface area (Å²) in [6.07, 6.45) is 7.51. The number of fused-ring (bicyclic) bond motifs is 1. The van der Waals surface area contributed by atoms with E-state index in [0.29, 0.717) is 44.9 Å². The number of nitrogens with one attached hydrogen (secondary N) is 1. The molecule has 0 aliphatic rings. The molecule has 5 rings (SSSR count). The third-order valence-electron chi connectivity index (χ3n) is 6.00. The van der Waals surface area contributed by atoms with E-state index < -0.39 is 41.4 Å². The predicted octanol–water partition coefficient (Wildman–Crippen LogP) is 5.69. The summed E-state index contributed by atoms with van der Waals surface area (Å²) in [7, 11) is 4.45. The number of pyridine rings is 1. The number of carbonyl (C=O) groups excluding carboxylic acids is 2. The molecule has 2 aromatic carbocycles. The number of hydrogen-bond donors (Lipinski definition) is 1. The maximum absolute atomic E-state index is 13.7. The van der Waals surface area contributed by atoms with Gasteiger partial charge >= 0.3 is 5.97 Å². The van der Waals surface area contributed by atoms with Crippen molar-refractivity contribution in [1.82, 2.24) is 24.5 Å². The molecule has 0 spiro atoms. The van der Waals surface area contributed by atoms with Crippen LogP contribution in [0.2, 0.25) is 0 Å². The summed E-state index contributed by atoms with van der Waals surface area (Å²) in [5.41, 5.74) is 0.448. The highest BCUT2D eigenvalue weighted by atomic mass is 32.2. The van der Waals surface area contributed by atoms with Crippen LogP contribution >= 0.6 is 23.5 Å². The molecule has 0 atom stereocenters. The van der Waals surface area contributed by atoms with Crippen LogP contribution in [0.3, 0.4) is 0 Å². The van der Waals surface area contributed by atoms with Crippen molar-refractivity contribution in [2.45, 2.75) is 10.3 Å². The number of esters is 1. The van der Waals surface area contributed by atoms with Gasteiger partial charge in [0, 0.05) is 44.0 Å². The number of halogens is 4. The molecule has 0 saturated carbocycles. The number of anilines is 1. The van der Waals surface area contributed by atoms with E-state index in [1.54, 1.807) is 13.2 Å². The third-order valence-corrected chi connectivity index (χ3v) is 7.12. The normalized spacial score (nSPS) is 10.2. The second-order valence-electron chi connectivity index (χ2n) is 9.15. The van der Waals surface area contributed by atoms with Gasteiger partial charge in [-0.3, -0.25) is 14.2 Å². The van der Waals surface area contributed by atoms with Gasteiger partial charge in [0.25, 0.3) is 5.56 Å². The average Bonchev–Trinajstić information content (AvgIpc) is 3.11. The fourth-order valence-corrected chi connectivity index (χ4v) is 4.27. The molecule has 5 aromatic rings. The molecule has 0 saturated heterocycles. The Balaban J connectivity index is 0.000000215. The second kappa shape index (κ2) is 18.3. The Labute approximate surface area is 285 Å². The van der Waals surface area contributed by atoms with Crippen LogP contribution in [-0.2, 0) is 16.6 Å². The molecule has 18 heteroatoms.